The maximum atomic E-state index is 13.2. The Bertz CT molecular complexity index is 1060. The van der Waals surface area contributed by atoms with Crippen molar-refractivity contribution in [2.75, 3.05) is 0 Å². The second-order valence-corrected chi connectivity index (χ2v) is 7.07. The lowest BCUT2D eigenvalue weighted by Crippen LogP contribution is -2.30. The molecule has 0 aliphatic rings. The number of nitrogens with zero attached hydrogens (tertiary/aromatic N) is 1. The fraction of sp³-hybridized carbons (Fsp3) is 0.0741. The van der Waals surface area contributed by atoms with Crippen molar-refractivity contribution in [2.45, 2.75) is 13.1 Å². The highest BCUT2D eigenvalue weighted by molar-refractivity contribution is 5.94. The van der Waals surface area contributed by atoms with Crippen LogP contribution in [-0.2, 0) is 13.1 Å². The Morgan fingerprint density at radius 2 is 1.03 bits per heavy atom. The van der Waals surface area contributed by atoms with Gasteiger partial charge in [-0.25, -0.2) is 0 Å². The monoisotopic (exact) mass is 393 g/mol. The summed E-state index contributed by atoms with van der Waals surface area (Å²) >= 11 is 0. The van der Waals surface area contributed by atoms with E-state index in [4.69, 9.17) is 4.74 Å². The molecular formula is C27H23NO2. The van der Waals surface area contributed by atoms with Crippen molar-refractivity contribution in [3.63, 3.8) is 0 Å². The SMILES string of the molecule is O=C(c1ccccc1)N(Cc1ccccc1)Cc1ccc(Oc2ccccc2)cc1. The van der Waals surface area contributed by atoms with E-state index in [1.165, 1.54) is 0 Å². The van der Waals surface area contributed by atoms with Gasteiger partial charge in [-0.2, -0.15) is 0 Å². The number of para-hydroxylation sites is 1. The molecule has 0 heterocycles. The third kappa shape index (κ3) is 5.15. The normalized spacial score (nSPS) is 10.4. The highest BCUT2D eigenvalue weighted by Gasteiger charge is 2.16. The third-order valence-corrected chi connectivity index (χ3v) is 4.80. The van der Waals surface area contributed by atoms with Crippen LogP contribution in [0.5, 0.6) is 11.5 Å². The van der Waals surface area contributed by atoms with Crippen molar-refractivity contribution < 1.29 is 9.53 Å². The molecule has 148 valence electrons. The predicted molar refractivity (Wildman–Crippen MR) is 119 cm³/mol. The van der Waals surface area contributed by atoms with Gasteiger partial charge in [-0.15, -0.1) is 0 Å². The molecule has 0 aliphatic carbocycles. The minimum atomic E-state index is 0.0177. The Balaban J connectivity index is 1.51. The number of hydrogen-bond acceptors (Lipinski definition) is 2. The summed E-state index contributed by atoms with van der Waals surface area (Å²) in [5, 5.41) is 0. The van der Waals surface area contributed by atoms with E-state index in [0.29, 0.717) is 18.7 Å². The van der Waals surface area contributed by atoms with Crippen LogP contribution in [0.3, 0.4) is 0 Å². The summed E-state index contributed by atoms with van der Waals surface area (Å²) < 4.78 is 5.87. The van der Waals surface area contributed by atoms with E-state index >= 15 is 0 Å². The minimum absolute atomic E-state index is 0.0177. The van der Waals surface area contributed by atoms with Gasteiger partial charge in [-0.05, 0) is 47.5 Å². The summed E-state index contributed by atoms with van der Waals surface area (Å²) in [7, 11) is 0. The zero-order valence-electron chi connectivity index (χ0n) is 16.6. The number of ether oxygens (including phenoxy) is 1. The Morgan fingerprint density at radius 3 is 1.63 bits per heavy atom. The van der Waals surface area contributed by atoms with Crippen LogP contribution in [0, 0.1) is 0 Å². The molecule has 0 atom stereocenters. The van der Waals surface area contributed by atoms with Crippen LogP contribution < -0.4 is 4.74 Å². The Labute approximate surface area is 177 Å². The average molecular weight is 393 g/mol. The number of hydrogen-bond donors (Lipinski definition) is 0. The zero-order valence-corrected chi connectivity index (χ0v) is 16.6. The molecule has 4 rings (SSSR count). The predicted octanol–water partition coefficient (Wildman–Crippen LogP) is 6.32. The lowest BCUT2D eigenvalue weighted by molar-refractivity contribution is 0.0730. The van der Waals surface area contributed by atoms with Gasteiger partial charge in [0.05, 0.1) is 0 Å². The van der Waals surface area contributed by atoms with Crippen molar-refractivity contribution in [2.24, 2.45) is 0 Å². The van der Waals surface area contributed by atoms with Crippen molar-refractivity contribution in [3.05, 3.63) is 132 Å². The number of carbonyl (C=O) groups excluding carboxylic acids is 1. The van der Waals surface area contributed by atoms with Crippen LogP contribution >= 0.6 is 0 Å². The topological polar surface area (TPSA) is 29.5 Å². The highest BCUT2D eigenvalue weighted by Crippen LogP contribution is 2.22. The van der Waals surface area contributed by atoms with E-state index in [2.05, 4.69) is 0 Å². The van der Waals surface area contributed by atoms with Crippen LogP contribution in [0.2, 0.25) is 0 Å². The molecule has 3 nitrogen and oxygen atoms in total. The average Bonchev–Trinajstić information content (AvgIpc) is 2.81. The van der Waals surface area contributed by atoms with E-state index in [9.17, 15) is 4.79 Å². The highest BCUT2D eigenvalue weighted by atomic mass is 16.5. The maximum Gasteiger partial charge on any atom is 0.254 e. The first kappa shape index (κ1) is 19.5. The van der Waals surface area contributed by atoms with Crippen molar-refractivity contribution in [1.29, 1.82) is 0 Å². The van der Waals surface area contributed by atoms with Gasteiger partial charge in [0.15, 0.2) is 0 Å². The number of benzene rings is 4. The quantitative estimate of drug-likeness (QED) is 0.368. The van der Waals surface area contributed by atoms with E-state index in [-0.39, 0.29) is 5.91 Å². The van der Waals surface area contributed by atoms with Gasteiger partial charge in [0.25, 0.3) is 5.91 Å². The maximum absolute atomic E-state index is 13.2. The molecule has 30 heavy (non-hydrogen) atoms. The summed E-state index contributed by atoms with van der Waals surface area (Å²) in [6.07, 6.45) is 0. The largest absolute Gasteiger partial charge is 0.457 e. The molecular weight excluding hydrogens is 370 g/mol. The fourth-order valence-corrected chi connectivity index (χ4v) is 3.27. The van der Waals surface area contributed by atoms with Gasteiger partial charge in [0.2, 0.25) is 0 Å². The van der Waals surface area contributed by atoms with E-state index < -0.39 is 0 Å². The van der Waals surface area contributed by atoms with Gasteiger partial charge in [0.1, 0.15) is 11.5 Å². The molecule has 4 aromatic rings. The van der Waals surface area contributed by atoms with E-state index in [0.717, 1.165) is 22.6 Å². The molecule has 0 bridgehead atoms. The minimum Gasteiger partial charge on any atom is -0.457 e. The molecule has 0 aromatic heterocycles. The lowest BCUT2D eigenvalue weighted by atomic mass is 10.1. The molecule has 0 radical (unpaired) electrons. The van der Waals surface area contributed by atoms with Crippen molar-refractivity contribution >= 4 is 5.91 Å². The summed E-state index contributed by atoms with van der Waals surface area (Å²) in [6, 6.07) is 37.1. The van der Waals surface area contributed by atoms with Gasteiger partial charge < -0.3 is 9.64 Å². The van der Waals surface area contributed by atoms with Crippen LogP contribution in [0.15, 0.2) is 115 Å². The van der Waals surface area contributed by atoms with Gasteiger partial charge in [-0.1, -0.05) is 78.9 Å². The first-order valence-corrected chi connectivity index (χ1v) is 9.98. The molecule has 0 spiro atoms. The van der Waals surface area contributed by atoms with Crippen molar-refractivity contribution in [3.8, 4) is 11.5 Å². The standard InChI is InChI=1S/C27H23NO2/c29-27(24-12-6-2-7-13-24)28(20-22-10-4-1-5-11-22)21-23-16-18-26(19-17-23)30-25-14-8-3-9-15-25/h1-19H,20-21H2. The molecule has 0 N–H and O–H groups in total. The second kappa shape index (κ2) is 9.57. The first-order valence-electron chi connectivity index (χ1n) is 9.98. The lowest BCUT2D eigenvalue weighted by Gasteiger charge is -2.23. The van der Waals surface area contributed by atoms with Crippen molar-refractivity contribution in [1.82, 2.24) is 4.90 Å². The Hall–Kier alpha value is -3.85. The van der Waals surface area contributed by atoms with Gasteiger partial charge in [-0.3, -0.25) is 4.79 Å². The Kier molecular flexibility index (Phi) is 6.21. The molecule has 0 saturated heterocycles. The van der Waals surface area contributed by atoms with Crippen LogP contribution in [0.25, 0.3) is 0 Å². The number of carbonyl (C=O) groups is 1. The number of amides is 1. The van der Waals surface area contributed by atoms with E-state index in [1.807, 2.05) is 120 Å². The van der Waals surface area contributed by atoms with E-state index in [1.54, 1.807) is 0 Å². The fourth-order valence-electron chi connectivity index (χ4n) is 3.27. The number of rotatable bonds is 7. The molecule has 4 aromatic carbocycles. The van der Waals surface area contributed by atoms with Gasteiger partial charge in [0, 0.05) is 18.7 Å². The summed E-state index contributed by atoms with van der Waals surface area (Å²) in [5.74, 6) is 1.59. The third-order valence-electron chi connectivity index (χ3n) is 4.80. The summed E-state index contributed by atoms with van der Waals surface area (Å²) in [6.45, 7) is 1.07. The van der Waals surface area contributed by atoms with Crippen LogP contribution in [0.4, 0.5) is 0 Å². The summed E-state index contributed by atoms with van der Waals surface area (Å²) in [5.41, 5.74) is 2.85. The molecule has 3 heteroatoms. The van der Waals surface area contributed by atoms with Crippen LogP contribution in [0.1, 0.15) is 21.5 Å². The molecule has 1 amide bonds. The molecule has 0 unspecified atom stereocenters. The molecule has 0 fully saturated rings. The molecule has 0 aliphatic heterocycles. The first-order chi connectivity index (χ1) is 14.8. The Morgan fingerprint density at radius 1 is 0.567 bits per heavy atom. The molecule has 0 saturated carbocycles. The van der Waals surface area contributed by atoms with Gasteiger partial charge >= 0.3 is 0 Å². The second-order valence-electron chi connectivity index (χ2n) is 7.07. The van der Waals surface area contributed by atoms with Crippen LogP contribution in [-0.4, -0.2) is 10.8 Å². The summed E-state index contributed by atoms with van der Waals surface area (Å²) in [4.78, 5) is 15.0. The zero-order chi connectivity index (χ0) is 20.6. The smallest absolute Gasteiger partial charge is 0.254 e.